The van der Waals surface area contributed by atoms with Gasteiger partial charge in [-0.3, -0.25) is 4.79 Å². The second-order valence-electron chi connectivity index (χ2n) is 3.47. The van der Waals surface area contributed by atoms with Crippen molar-refractivity contribution in [2.24, 2.45) is 0 Å². The fourth-order valence-corrected chi connectivity index (χ4v) is 1.48. The van der Waals surface area contributed by atoms with Gasteiger partial charge in [0.05, 0.1) is 13.7 Å². The summed E-state index contributed by atoms with van der Waals surface area (Å²) in [6.07, 6.45) is 0.878. The lowest BCUT2D eigenvalue weighted by molar-refractivity contribution is -0.119. The fraction of sp³-hybridized carbons (Fsp3) is 0.462. The van der Waals surface area contributed by atoms with Crippen molar-refractivity contribution < 1.29 is 14.3 Å². The minimum Gasteiger partial charge on any atom is -0.496 e. The summed E-state index contributed by atoms with van der Waals surface area (Å²) < 4.78 is 10.3. The van der Waals surface area contributed by atoms with Crippen LogP contribution in [0.2, 0.25) is 0 Å². The van der Waals surface area contributed by atoms with E-state index in [0.717, 1.165) is 11.3 Å². The van der Waals surface area contributed by atoms with Gasteiger partial charge in [0.2, 0.25) is 0 Å². The van der Waals surface area contributed by atoms with E-state index in [4.69, 9.17) is 9.47 Å². The summed E-state index contributed by atoms with van der Waals surface area (Å²) in [6.45, 7) is 3.08. The van der Waals surface area contributed by atoms with Crippen LogP contribution >= 0.6 is 0 Å². The predicted molar refractivity (Wildman–Crippen MR) is 62.8 cm³/mol. The second kappa shape index (κ2) is 7.01. The molecule has 0 saturated carbocycles. The summed E-state index contributed by atoms with van der Waals surface area (Å²) in [4.78, 5) is 11.6. The van der Waals surface area contributed by atoms with Crippen molar-refractivity contribution in [1.29, 1.82) is 0 Å². The van der Waals surface area contributed by atoms with Gasteiger partial charge in [-0.25, -0.2) is 0 Å². The molecular formula is C13H18O3. The number of ether oxygens (including phenoxy) is 2. The number of Topliss-reactive ketones (excluding diaryl/α,β-unsaturated/α-hetero) is 1. The number of rotatable bonds is 7. The number of ketones is 1. The maximum absolute atomic E-state index is 11.6. The van der Waals surface area contributed by atoms with Crippen molar-refractivity contribution in [2.45, 2.75) is 19.8 Å². The van der Waals surface area contributed by atoms with Crippen molar-refractivity contribution in [3.8, 4) is 5.75 Å². The molecule has 0 aromatic heterocycles. The zero-order chi connectivity index (χ0) is 11.8. The van der Waals surface area contributed by atoms with Gasteiger partial charge < -0.3 is 9.47 Å². The molecule has 0 saturated heterocycles. The minimum atomic E-state index is 0.179. The highest BCUT2D eigenvalue weighted by Gasteiger charge is 2.07. The minimum absolute atomic E-state index is 0.179. The van der Waals surface area contributed by atoms with Gasteiger partial charge in [-0.15, -0.1) is 0 Å². The van der Waals surface area contributed by atoms with Crippen molar-refractivity contribution in [2.75, 3.05) is 20.3 Å². The Morgan fingerprint density at radius 2 is 2.06 bits per heavy atom. The van der Waals surface area contributed by atoms with E-state index < -0.39 is 0 Å². The fourth-order valence-electron chi connectivity index (χ4n) is 1.48. The van der Waals surface area contributed by atoms with Crippen LogP contribution in [0.4, 0.5) is 0 Å². The number of methoxy groups -OCH3 is 1. The number of carbonyl (C=O) groups excluding carboxylic acids is 1. The number of hydrogen-bond donors (Lipinski definition) is 0. The lowest BCUT2D eigenvalue weighted by Gasteiger charge is -2.07. The van der Waals surface area contributed by atoms with Gasteiger partial charge in [0.1, 0.15) is 11.5 Å². The molecule has 1 rings (SSSR count). The Morgan fingerprint density at radius 3 is 2.75 bits per heavy atom. The Balaban J connectivity index is 2.49. The smallest absolute Gasteiger partial charge is 0.139 e. The standard InChI is InChI=1S/C13H18O3/c1-3-16-9-8-12(14)10-11-6-4-5-7-13(11)15-2/h4-7H,3,8-10H2,1-2H3. The third kappa shape index (κ3) is 4.03. The van der Waals surface area contributed by atoms with E-state index in [1.54, 1.807) is 7.11 Å². The Labute approximate surface area is 96.4 Å². The summed E-state index contributed by atoms with van der Waals surface area (Å²) in [6, 6.07) is 7.59. The van der Waals surface area contributed by atoms with Crippen LogP contribution in [0, 0.1) is 0 Å². The van der Waals surface area contributed by atoms with E-state index in [2.05, 4.69) is 0 Å². The van der Waals surface area contributed by atoms with E-state index in [0.29, 0.717) is 26.1 Å². The predicted octanol–water partition coefficient (Wildman–Crippen LogP) is 2.23. The number of benzene rings is 1. The summed E-state index contributed by atoms with van der Waals surface area (Å²) in [5.41, 5.74) is 0.937. The topological polar surface area (TPSA) is 35.5 Å². The highest BCUT2D eigenvalue weighted by Crippen LogP contribution is 2.18. The molecule has 88 valence electrons. The van der Waals surface area contributed by atoms with Crippen LogP contribution in [-0.4, -0.2) is 26.1 Å². The third-order valence-corrected chi connectivity index (χ3v) is 2.31. The Bertz CT molecular complexity index is 334. The molecule has 0 radical (unpaired) electrons. The van der Waals surface area contributed by atoms with Crippen molar-refractivity contribution in [3.05, 3.63) is 29.8 Å². The van der Waals surface area contributed by atoms with Crippen molar-refractivity contribution in [1.82, 2.24) is 0 Å². The lowest BCUT2D eigenvalue weighted by atomic mass is 10.1. The van der Waals surface area contributed by atoms with Gasteiger partial charge >= 0.3 is 0 Å². The van der Waals surface area contributed by atoms with Crippen molar-refractivity contribution in [3.63, 3.8) is 0 Å². The molecule has 0 amide bonds. The van der Waals surface area contributed by atoms with Gasteiger partial charge in [-0.05, 0) is 13.0 Å². The molecule has 0 unspecified atom stereocenters. The van der Waals surface area contributed by atoms with Gasteiger partial charge in [0, 0.05) is 25.0 Å². The molecule has 0 aliphatic rings. The average molecular weight is 222 g/mol. The number of para-hydroxylation sites is 1. The summed E-state index contributed by atoms with van der Waals surface area (Å²) in [5, 5.41) is 0. The molecule has 3 nitrogen and oxygen atoms in total. The van der Waals surface area contributed by atoms with Crippen LogP contribution in [0.25, 0.3) is 0 Å². The molecular weight excluding hydrogens is 204 g/mol. The SMILES string of the molecule is CCOCCC(=O)Cc1ccccc1OC. The Hall–Kier alpha value is -1.35. The maximum Gasteiger partial charge on any atom is 0.139 e. The van der Waals surface area contributed by atoms with Crippen LogP contribution in [0.3, 0.4) is 0 Å². The quantitative estimate of drug-likeness (QED) is 0.664. The Kier molecular flexibility index (Phi) is 5.57. The number of hydrogen-bond acceptors (Lipinski definition) is 3. The summed E-state index contributed by atoms with van der Waals surface area (Å²) in [7, 11) is 1.61. The first-order valence-electron chi connectivity index (χ1n) is 5.49. The van der Waals surface area contributed by atoms with Crippen LogP contribution < -0.4 is 4.74 Å². The number of carbonyl (C=O) groups is 1. The molecule has 1 aromatic rings. The molecule has 16 heavy (non-hydrogen) atoms. The monoisotopic (exact) mass is 222 g/mol. The van der Waals surface area contributed by atoms with E-state index in [9.17, 15) is 4.79 Å². The van der Waals surface area contributed by atoms with Crippen molar-refractivity contribution >= 4 is 5.78 Å². The third-order valence-electron chi connectivity index (χ3n) is 2.31. The van der Waals surface area contributed by atoms with Gasteiger partial charge in [-0.1, -0.05) is 18.2 Å². The molecule has 0 bridgehead atoms. The largest absolute Gasteiger partial charge is 0.496 e. The summed E-state index contributed by atoms with van der Waals surface area (Å²) in [5.74, 6) is 0.949. The van der Waals surface area contributed by atoms with Crippen LogP contribution in [-0.2, 0) is 16.0 Å². The normalized spacial score (nSPS) is 10.1. The maximum atomic E-state index is 11.6. The van der Waals surface area contributed by atoms with Gasteiger partial charge in [0.25, 0.3) is 0 Å². The first-order valence-corrected chi connectivity index (χ1v) is 5.49. The molecule has 0 heterocycles. The first kappa shape index (κ1) is 12.7. The van der Waals surface area contributed by atoms with E-state index in [1.807, 2.05) is 31.2 Å². The molecule has 0 spiro atoms. The molecule has 0 aliphatic heterocycles. The van der Waals surface area contributed by atoms with Gasteiger partial charge in [-0.2, -0.15) is 0 Å². The van der Waals surface area contributed by atoms with Crippen LogP contribution in [0.15, 0.2) is 24.3 Å². The molecule has 0 fully saturated rings. The average Bonchev–Trinajstić information content (AvgIpc) is 2.30. The Morgan fingerprint density at radius 1 is 1.31 bits per heavy atom. The van der Waals surface area contributed by atoms with E-state index in [1.165, 1.54) is 0 Å². The molecule has 0 aliphatic carbocycles. The highest BCUT2D eigenvalue weighted by atomic mass is 16.5. The molecule has 1 aromatic carbocycles. The molecule has 3 heteroatoms. The highest BCUT2D eigenvalue weighted by molar-refractivity contribution is 5.81. The lowest BCUT2D eigenvalue weighted by Crippen LogP contribution is -2.08. The second-order valence-corrected chi connectivity index (χ2v) is 3.47. The van der Waals surface area contributed by atoms with E-state index >= 15 is 0 Å². The van der Waals surface area contributed by atoms with E-state index in [-0.39, 0.29) is 5.78 Å². The zero-order valence-electron chi connectivity index (χ0n) is 9.86. The van der Waals surface area contributed by atoms with Crippen LogP contribution in [0.5, 0.6) is 5.75 Å². The summed E-state index contributed by atoms with van der Waals surface area (Å²) >= 11 is 0. The van der Waals surface area contributed by atoms with Gasteiger partial charge in [0.15, 0.2) is 0 Å². The zero-order valence-corrected chi connectivity index (χ0v) is 9.86. The molecule has 0 N–H and O–H groups in total. The van der Waals surface area contributed by atoms with Crippen LogP contribution in [0.1, 0.15) is 18.9 Å². The first-order chi connectivity index (χ1) is 7.77. The molecule has 0 atom stereocenters.